The normalized spacial score (nSPS) is 16.2. The summed E-state index contributed by atoms with van der Waals surface area (Å²) in [5, 5.41) is 28.1. The highest BCUT2D eigenvalue weighted by Crippen LogP contribution is 2.10. The van der Waals surface area contributed by atoms with Crippen LogP contribution in [0.4, 0.5) is 0 Å². The zero-order valence-electron chi connectivity index (χ0n) is 15.0. The van der Waals surface area contributed by atoms with E-state index in [-0.39, 0.29) is 18.9 Å². The lowest BCUT2D eigenvalue weighted by Crippen LogP contribution is -2.43. The van der Waals surface area contributed by atoms with Crippen LogP contribution in [0.2, 0.25) is 0 Å². The maximum atomic E-state index is 11.6. The minimum atomic E-state index is -1.64. The monoisotopic (exact) mass is 359 g/mol. The van der Waals surface area contributed by atoms with Crippen LogP contribution in [0, 0.1) is 0 Å². The van der Waals surface area contributed by atoms with Gasteiger partial charge in [-0.05, 0) is 26.8 Å². The summed E-state index contributed by atoms with van der Waals surface area (Å²) < 4.78 is 10.6. The SMILES string of the molecule is BC(O)C(COC(=O)C(C)(C)O)OC(C)N(C)/C=C\C(=N/C=O)NO. The zero-order chi connectivity index (χ0) is 19.6. The molecule has 0 aromatic rings. The molecule has 0 aliphatic carbocycles. The van der Waals surface area contributed by atoms with Gasteiger partial charge in [-0.1, -0.05) is 0 Å². The number of hydrogen-bond acceptors (Lipinski definition) is 8. The molecule has 0 fully saturated rings. The molecule has 0 spiro atoms. The standard InChI is InChI=1S/C14H26BN3O7/c1-9(18(4)6-5-11(17-23)16-8-19)25-10(12(15)20)7-24-13(21)14(2,3)22/h5-6,8-10,12,20,22-23H,7,15H2,1-4H3,(H,16,17,19)/b6-5-. The number of ether oxygens (including phenoxy) is 2. The van der Waals surface area contributed by atoms with Crippen LogP contribution in [0.15, 0.2) is 17.3 Å². The highest BCUT2D eigenvalue weighted by atomic mass is 16.6. The van der Waals surface area contributed by atoms with E-state index in [1.165, 1.54) is 34.0 Å². The highest BCUT2D eigenvalue weighted by molar-refractivity contribution is 6.11. The van der Waals surface area contributed by atoms with Gasteiger partial charge in [0.15, 0.2) is 11.4 Å². The van der Waals surface area contributed by atoms with Gasteiger partial charge in [0.2, 0.25) is 6.41 Å². The van der Waals surface area contributed by atoms with Crippen molar-refractivity contribution in [1.82, 2.24) is 10.4 Å². The van der Waals surface area contributed by atoms with Gasteiger partial charge in [0.25, 0.3) is 0 Å². The van der Waals surface area contributed by atoms with Crippen molar-refractivity contribution in [2.45, 2.75) is 44.7 Å². The van der Waals surface area contributed by atoms with Crippen LogP contribution >= 0.6 is 0 Å². The first-order chi connectivity index (χ1) is 11.5. The third-order valence-corrected chi connectivity index (χ3v) is 3.14. The van der Waals surface area contributed by atoms with Crippen LogP contribution in [0.1, 0.15) is 20.8 Å². The lowest BCUT2D eigenvalue weighted by Gasteiger charge is -2.30. The first-order valence-corrected chi connectivity index (χ1v) is 7.57. The molecule has 0 radical (unpaired) electrons. The summed E-state index contributed by atoms with van der Waals surface area (Å²) >= 11 is 0. The van der Waals surface area contributed by atoms with Crippen molar-refractivity contribution < 1.29 is 34.5 Å². The van der Waals surface area contributed by atoms with Crippen molar-refractivity contribution in [1.29, 1.82) is 0 Å². The van der Waals surface area contributed by atoms with E-state index in [9.17, 15) is 19.8 Å². The van der Waals surface area contributed by atoms with Crippen molar-refractivity contribution in [3.8, 4) is 0 Å². The Labute approximate surface area is 147 Å². The van der Waals surface area contributed by atoms with Gasteiger partial charge in [-0.3, -0.25) is 15.5 Å². The second-order valence-electron chi connectivity index (χ2n) is 5.88. The number of hydrogen-bond donors (Lipinski definition) is 4. The van der Waals surface area contributed by atoms with E-state index >= 15 is 0 Å². The highest BCUT2D eigenvalue weighted by Gasteiger charge is 2.28. The first-order valence-electron chi connectivity index (χ1n) is 7.57. The molecular weight excluding hydrogens is 333 g/mol. The Balaban J connectivity index is 4.75. The van der Waals surface area contributed by atoms with Crippen molar-refractivity contribution in [2.75, 3.05) is 13.7 Å². The lowest BCUT2D eigenvalue weighted by atomic mass is 9.95. The summed E-state index contributed by atoms with van der Waals surface area (Å²) in [5.74, 6) is -0.897. The molecule has 11 heteroatoms. The van der Waals surface area contributed by atoms with Crippen molar-refractivity contribution in [3.63, 3.8) is 0 Å². The number of aliphatic hydroxyl groups is 2. The maximum absolute atomic E-state index is 11.6. The number of aliphatic hydroxyl groups excluding tert-OH is 1. The third kappa shape index (κ3) is 9.20. The van der Waals surface area contributed by atoms with Crippen LogP contribution < -0.4 is 5.48 Å². The fourth-order valence-corrected chi connectivity index (χ4v) is 1.45. The van der Waals surface area contributed by atoms with Crippen LogP contribution in [-0.2, 0) is 19.1 Å². The summed E-state index contributed by atoms with van der Waals surface area (Å²) in [4.78, 5) is 26.8. The van der Waals surface area contributed by atoms with Gasteiger partial charge in [-0.15, -0.1) is 0 Å². The van der Waals surface area contributed by atoms with E-state index in [1.54, 1.807) is 24.4 Å². The molecule has 25 heavy (non-hydrogen) atoms. The number of hydroxylamine groups is 1. The molecule has 0 saturated carbocycles. The average Bonchev–Trinajstić information content (AvgIpc) is 2.52. The van der Waals surface area contributed by atoms with Gasteiger partial charge in [-0.2, -0.15) is 4.99 Å². The zero-order valence-corrected chi connectivity index (χ0v) is 15.0. The molecule has 0 bridgehead atoms. The van der Waals surface area contributed by atoms with E-state index in [1.807, 2.05) is 0 Å². The van der Waals surface area contributed by atoms with Gasteiger partial charge in [0, 0.05) is 19.3 Å². The Morgan fingerprint density at radius 1 is 1.48 bits per heavy atom. The number of carbonyl (C=O) groups is 2. The van der Waals surface area contributed by atoms with E-state index < -0.39 is 29.9 Å². The first kappa shape index (κ1) is 23.1. The summed E-state index contributed by atoms with van der Waals surface area (Å²) in [6.45, 7) is 4.03. The molecule has 142 valence electrons. The number of amides is 1. The molecule has 0 saturated heterocycles. The fourth-order valence-electron chi connectivity index (χ4n) is 1.45. The van der Waals surface area contributed by atoms with E-state index in [0.29, 0.717) is 0 Å². The predicted octanol–water partition coefficient (Wildman–Crippen LogP) is -2.04. The molecule has 0 aliphatic heterocycles. The number of nitrogens with one attached hydrogen (secondary N) is 1. The van der Waals surface area contributed by atoms with Crippen LogP contribution in [-0.4, -0.2) is 84.0 Å². The third-order valence-electron chi connectivity index (χ3n) is 3.14. The molecule has 10 nitrogen and oxygen atoms in total. The second kappa shape index (κ2) is 10.8. The largest absolute Gasteiger partial charge is 0.461 e. The van der Waals surface area contributed by atoms with Gasteiger partial charge < -0.3 is 24.6 Å². The Kier molecular flexibility index (Phi) is 9.98. The summed E-state index contributed by atoms with van der Waals surface area (Å²) in [6.07, 6.45) is 1.71. The van der Waals surface area contributed by atoms with Crippen molar-refractivity contribution >= 4 is 26.1 Å². The summed E-state index contributed by atoms with van der Waals surface area (Å²) in [6, 6.07) is -0.930. The van der Waals surface area contributed by atoms with Gasteiger partial charge in [-0.25, -0.2) is 4.79 Å². The van der Waals surface area contributed by atoms with Crippen LogP contribution in [0.25, 0.3) is 0 Å². The quantitative estimate of drug-likeness (QED) is 0.0660. The number of aliphatic imine (C=N–C) groups is 1. The Bertz CT molecular complexity index is 491. The Morgan fingerprint density at radius 3 is 2.52 bits per heavy atom. The summed E-state index contributed by atoms with van der Waals surface area (Å²) in [7, 11) is 3.13. The predicted molar refractivity (Wildman–Crippen MR) is 91.5 cm³/mol. The number of rotatable bonds is 10. The minimum absolute atomic E-state index is 0.0692. The molecule has 4 N–H and O–H groups in total. The average molecular weight is 359 g/mol. The second-order valence-corrected chi connectivity index (χ2v) is 5.88. The number of nitrogens with zero attached hydrogens (tertiary/aromatic N) is 2. The molecule has 0 aromatic carbocycles. The van der Waals surface area contributed by atoms with Gasteiger partial charge in [0.1, 0.15) is 26.8 Å². The molecule has 0 heterocycles. The topological polar surface area (TPSA) is 141 Å². The van der Waals surface area contributed by atoms with E-state index in [2.05, 4.69) is 4.99 Å². The molecule has 0 aromatic heterocycles. The Hall–Kier alpha value is -1.95. The van der Waals surface area contributed by atoms with Crippen molar-refractivity contribution in [3.05, 3.63) is 12.3 Å². The molecule has 0 aliphatic rings. The molecule has 1 amide bonds. The minimum Gasteiger partial charge on any atom is -0.461 e. The molecule has 3 atom stereocenters. The lowest BCUT2D eigenvalue weighted by molar-refractivity contribution is -0.172. The van der Waals surface area contributed by atoms with E-state index in [4.69, 9.17) is 14.7 Å². The summed E-state index contributed by atoms with van der Waals surface area (Å²) in [5.41, 5.74) is 0.108. The van der Waals surface area contributed by atoms with Crippen LogP contribution in [0.5, 0.6) is 0 Å². The molecule has 3 unspecified atom stereocenters. The smallest absolute Gasteiger partial charge is 0.337 e. The molecule has 0 rings (SSSR count). The van der Waals surface area contributed by atoms with Crippen molar-refractivity contribution in [2.24, 2.45) is 4.99 Å². The molecular formula is C14H26BN3O7. The van der Waals surface area contributed by atoms with Gasteiger partial charge in [0.05, 0.1) is 0 Å². The Morgan fingerprint density at radius 2 is 2.08 bits per heavy atom. The number of carbonyl (C=O) groups excluding carboxylic acids is 2. The van der Waals surface area contributed by atoms with Gasteiger partial charge >= 0.3 is 5.97 Å². The number of amidine groups is 1. The fraction of sp³-hybridized carbons (Fsp3) is 0.643. The number of esters is 1. The maximum Gasteiger partial charge on any atom is 0.337 e. The van der Waals surface area contributed by atoms with Crippen LogP contribution in [0.3, 0.4) is 0 Å². The van der Waals surface area contributed by atoms with E-state index in [0.717, 1.165) is 0 Å².